The number of aliphatic hydroxyl groups is 1. The number of benzene rings is 1. The Kier molecular flexibility index (Phi) is 3.08. The van der Waals surface area contributed by atoms with Gasteiger partial charge in [0.1, 0.15) is 18.3 Å². The molecule has 0 heterocycles. The molecule has 0 atom stereocenters. The molecule has 0 aliphatic carbocycles. The van der Waals surface area contributed by atoms with E-state index in [1.807, 2.05) is 0 Å². The van der Waals surface area contributed by atoms with E-state index in [-0.39, 0.29) is 12.5 Å². The molecule has 0 unspecified atom stereocenters. The molecule has 0 radical (unpaired) electrons. The number of anilines is 1. The van der Waals surface area contributed by atoms with Crippen LogP contribution in [0, 0.1) is 5.82 Å². The minimum Gasteiger partial charge on any atom is -0.495 e. The van der Waals surface area contributed by atoms with Crippen molar-refractivity contribution in [2.45, 2.75) is 0 Å². The maximum atomic E-state index is 12.8. The predicted molar refractivity (Wildman–Crippen MR) is 48.4 cm³/mol. The molecule has 1 aromatic rings. The summed E-state index contributed by atoms with van der Waals surface area (Å²) in [7, 11) is 3.15. The predicted octanol–water partition coefficient (Wildman–Crippen LogP) is 1.22. The molecule has 13 heavy (non-hydrogen) atoms. The van der Waals surface area contributed by atoms with Crippen LogP contribution in [0.5, 0.6) is 5.75 Å². The average Bonchev–Trinajstić information content (AvgIpc) is 2.16. The van der Waals surface area contributed by atoms with Gasteiger partial charge >= 0.3 is 0 Å². The molecule has 0 aliphatic heterocycles. The van der Waals surface area contributed by atoms with E-state index in [0.29, 0.717) is 11.4 Å². The standard InChI is InChI=1S/C9H12FNO2/c1-11(6-12)8-5-7(10)3-4-9(8)13-2/h3-5,12H,6H2,1-2H3. The third kappa shape index (κ3) is 2.09. The zero-order chi connectivity index (χ0) is 9.84. The molecule has 0 amide bonds. The number of nitrogens with zero attached hydrogens (tertiary/aromatic N) is 1. The van der Waals surface area contributed by atoms with Crippen LogP contribution in [-0.4, -0.2) is 26.0 Å². The third-order valence-corrected chi connectivity index (χ3v) is 1.76. The highest BCUT2D eigenvalue weighted by Crippen LogP contribution is 2.27. The van der Waals surface area contributed by atoms with E-state index in [1.165, 1.54) is 30.2 Å². The van der Waals surface area contributed by atoms with Crippen molar-refractivity contribution in [3.8, 4) is 5.75 Å². The van der Waals surface area contributed by atoms with Gasteiger partial charge in [-0.1, -0.05) is 0 Å². The minimum absolute atomic E-state index is 0.181. The van der Waals surface area contributed by atoms with Crippen molar-refractivity contribution in [3.05, 3.63) is 24.0 Å². The van der Waals surface area contributed by atoms with Gasteiger partial charge in [-0.15, -0.1) is 0 Å². The molecular weight excluding hydrogens is 173 g/mol. The Hall–Kier alpha value is -1.29. The van der Waals surface area contributed by atoms with Crippen LogP contribution in [0.4, 0.5) is 10.1 Å². The van der Waals surface area contributed by atoms with Gasteiger partial charge in [0.15, 0.2) is 0 Å². The topological polar surface area (TPSA) is 32.7 Å². The molecule has 72 valence electrons. The number of rotatable bonds is 3. The van der Waals surface area contributed by atoms with Crippen LogP contribution in [-0.2, 0) is 0 Å². The molecule has 1 aromatic carbocycles. The molecule has 0 aromatic heterocycles. The Morgan fingerprint density at radius 2 is 2.23 bits per heavy atom. The van der Waals surface area contributed by atoms with Crippen molar-refractivity contribution in [1.82, 2.24) is 0 Å². The van der Waals surface area contributed by atoms with Crippen molar-refractivity contribution in [3.63, 3.8) is 0 Å². The summed E-state index contributed by atoms with van der Waals surface area (Å²) in [6.45, 7) is -0.181. The molecule has 0 fully saturated rings. The van der Waals surface area contributed by atoms with Crippen molar-refractivity contribution < 1.29 is 14.2 Å². The van der Waals surface area contributed by atoms with Gasteiger partial charge in [-0.2, -0.15) is 0 Å². The van der Waals surface area contributed by atoms with Crippen molar-refractivity contribution in [2.24, 2.45) is 0 Å². The van der Waals surface area contributed by atoms with Crippen LogP contribution < -0.4 is 9.64 Å². The molecule has 4 heteroatoms. The molecule has 0 saturated heterocycles. The van der Waals surface area contributed by atoms with E-state index in [4.69, 9.17) is 9.84 Å². The molecule has 0 spiro atoms. The highest BCUT2D eigenvalue weighted by Gasteiger charge is 2.07. The summed E-state index contributed by atoms with van der Waals surface area (Å²) in [6.07, 6.45) is 0. The smallest absolute Gasteiger partial charge is 0.142 e. The number of ether oxygens (including phenoxy) is 1. The Morgan fingerprint density at radius 1 is 1.54 bits per heavy atom. The van der Waals surface area contributed by atoms with E-state index in [2.05, 4.69) is 0 Å². The van der Waals surface area contributed by atoms with Crippen molar-refractivity contribution >= 4 is 5.69 Å². The van der Waals surface area contributed by atoms with Crippen molar-refractivity contribution in [1.29, 1.82) is 0 Å². The first-order chi connectivity index (χ1) is 6.19. The summed E-state index contributed by atoms with van der Waals surface area (Å²) in [5.41, 5.74) is 0.532. The second-order valence-electron chi connectivity index (χ2n) is 2.66. The summed E-state index contributed by atoms with van der Waals surface area (Å²) in [5.74, 6) is 0.189. The van der Waals surface area contributed by atoms with Crippen LogP contribution in [0.25, 0.3) is 0 Å². The number of hydrogen-bond acceptors (Lipinski definition) is 3. The van der Waals surface area contributed by atoms with E-state index < -0.39 is 0 Å². The van der Waals surface area contributed by atoms with Gasteiger partial charge < -0.3 is 14.7 Å². The Bertz CT molecular complexity index is 291. The normalized spacial score (nSPS) is 9.85. The Balaban J connectivity index is 3.07. The first-order valence-electron chi connectivity index (χ1n) is 3.84. The second kappa shape index (κ2) is 4.09. The molecule has 1 rings (SSSR count). The molecule has 0 saturated carbocycles. The monoisotopic (exact) mass is 185 g/mol. The van der Waals surface area contributed by atoms with Crippen LogP contribution >= 0.6 is 0 Å². The minimum atomic E-state index is -0.351. The molecule has 0 bridgehead atoms. The van der Waals surface area contributed by atoms with Gasteiger partial charge in [-0.05, 0) is 12.1 Å². The lowest BCUT2D eigenvalue weighted by Crippen LogP contribution is -2.18. The van der Waals surface area contributed by atoms with Gasteiger partial charge in [0.05, 0.1) is 12.8 Å². The number of methoxy groups -OCH3 is 1. The number of halogens is 1. The Labute approximate surface area is 76.4 Å². The van der Waals surface area contributed by atoms with Crippen LogP contribution in [0.2, 0.25) is 0 Å². The van der Waals surface area contributed by atoms with Crippen LogP contribution in [0.15, 0.2) is 18.2 Å². The molecular formula is C9H12FNO2. The average molecular weight is 185 g/mol. The fourth-order valence-corrected chi connectivity index (χ4v) is 1.04. The van der Waals surface area contributed by atoms with E-state index in [1.54, 1.807) is 7.05 Å². The highest BCUT2D eigenvalue weighted by atomic mass is 19.1. The maximum absolute atomic E-state index is 12.8. The van der Waals surface area contributed by atoms with Gasteiger partial charge in [0, 0.05) is 13.1 Å². The number of hydrogen-bond donors (Lipinski definition) is 1. The maximum Gasteiger partial charge on any atom is 0.142 e. The zero-order valence-corrected chi connectivity index (χ0v) is 7.62. The van der Waals surface area contributed by atoms with Gasteiger partial charge in [-0.3, -0.25) is 0 Å². The first kappa shape index (κ1) is 9.80. The lowest BCUT2D eigenvalue weighted by atomic mass is 10.2. The van der Waals surface area contributed by atoms with Gasteiger partial charge in [-0.25, -0.2) is 4.39 Å². The first-order valence-corrected chi connectivity index (χ1v) is 3.84. The molecule has 3 nitrogen and oxygen atoms in total. The third-order valence-electron chi connectivity index (χ3n) is 1.76. The fraction of sp³-hybridized carbons (Fsp3) is 0.333. The summed E-state index contributed by atoms with van der Waals surface area (Å²) < 4.78 is 17.8. The van der Waals surface area contributed by atoms with Crippen molar-refractivity contribution in [2.75, 3.05) is 25.8 Å². The zero-order valence-electron chi connectivity index (χ0n) is 7.62. The number of aliphatic hydroxyl groups excluding tert-OH is 1. The fourth-order valence-electron chi connectivity index (χ4n) is 1.04. The van der Waals surface area contributed by atoms with Gasteiger partial charge in [0.2, 0.25) is 0 Å². The SMILES string of the molecule is COc1ccc(F)cc1N(C)CO. The van der Waals surface area contributed by atoms with E-state index in [0.717, 1.165) is 0 Å². The summed E-state index contributed by atoms with van der Waals surface area (Å²) in [6, 6.07) is 4.15. The highest BCUT2D eigenvalue weighted by molar-refractivity contribution is 5.57. The largest absolute Gasteiger partial charge is 0.495 e. The second-order valence-corrected chi connectivity index (χ2v) is 2.66. The summed E-state index contributed by atoms with van der Waals surface area (Å²) in [5, 5.41) is 8.85. The molecule has 0 aliphatic rings. The molecule has 1 N–H and O–H groups in total. The van der Waals surface area contributed by atoms with E-state index in [9.17, 15) is 4.39 Å². The lowest BCUT2D eigenvalue weighted by molar-refractivity contribution is 0.296. The van der Waals surface area contributed by atoms with E-state index >= 15 is 0 Å². The quantitative estimate of drug-likeness (QED) is 0.719. The Morgan fingerprint density at radius 3 is 2.77 bits per heavy atom. The van der Waals surface area contributed by atoms with Gasteiger partial charge in [0.25, 0.3) is 0 Å². The summed E-state index contributed by atoms with van der Waals surface area (Å²) in [4.78, 5) is 1.49. The van der Waals surface area contributed by atoms with Crippen LogP contribution in [0.1, 0.15) is 0 Å². The van der Waals surface area contributed by atoms with Crippen LogP contribution in [0.3, 0.4) is 0 Å². The summed E-state index contributed by atoms with van der Waals surface area (Å²) >= 11 is 0. The lowest BCUT2D eigenvalue weighted by Gasteiger charge is -2.18.